The Balaban J connectivity index is 2.21. The molecular weight excluding hydrogens is 172 g/mol. The lowest BCUT2D eigenvalue weighted by atomic mass is 9.68. The van der Waals surface area contributed by atoms with Gasteiger partial charge in [0, 0.05) is 6.42 Å². The molecule has 0 spiro atoms. The molecular formula is C13H20O. The van der Waals surface area contributed by atoms with E-state index in [9.17, 15) is 4.79 Å². The standard InChI is InChI=1S/C13H20O/c1-13-8-5-3-2-4-6-11(13)10-12(14)7-9-13/h10H,2-9H2,1H3/t13-/m1/s1. The summed E-state index contributed by atoms with van der Waals surface area (Å²) in [4.78, 5) is 11.4. The SMILES string of the molecule is C[C@]12CCCCCCC1=CC(=O)CC2. The summed E-state index contributed by atoms with van der Waals surface area (Å²) in [7, 11) is 0. The lowest BCUT2D eigenvalue weighted by molar-refractivity contribution is -0.115. The Morgan fingerprint density at radius 2 is 1.86 bits per heavy atom. The van der Waals surface area contributed by atoms with Gasteiger partial charge in [-0.05, 0) is 37.2 Å². The molecule has 0 heterocycles. The highest BCUT2D eigenvalue weighted by molar-refractivity contribution is 5.91. The number of allylic oxidation sites excluding steroid dienone is 2. The van der Waals surface area contributed by atoms with Crippen LogP contribution in [0.1, 0.15) is 58.3 Å². The lowest BCUT2D eigenvalue weighted by Crippen LogP contribution is -2.26. The summed E-state index contributed by atoms with van der Waals surface area (Å²) in [5.41, 5.74) is 1.82. The topological polar surface area (TPSA) is 17.1 Å². The molecule has 2 aliphatic carbocycles. The van der Waals surface area contributed by atoms with Crippen molar-refractivity contribution in [3.8, 4) is 0 Å². The van der Waals surface area contributed by atoms with Gasteiger partial charge in [0.1, 0.15) is 0 Å². The predicted octanol–water partition coefficient (Wildman–Crippen LogP) is 3.64. The molecule has 2 aliphatic rings. The van der Waals surface area contributed by atoms with E-state index in [2.05, 4.69) is 6.92 Å². The maximum atomic E-state index is 11.4. The third-order valence-electron chi connectivity index (χ3n) is 3.96. The number of carbonyl (C=O) groups is 1. The monoisotopic (exact) mass is 192 g/mol. The molecule has 78 valence electrons. The first-order chi connectivity index (χ1) is 6.71. The summed E-state index contributed by atoms with van der Waals surface area (Å²) in [6.07, 6.45) is 11.7. The fourth-order valence-corrected chi connectivity index (χ4v) is 2.84. The number of hydrogen-bond donors (Lipinski definition) is 0. The minimum atomic E-state index is 0.359. The zero-order valence-corrected chi connectivity index (χ0v) is 9.14. The average molecular weight is 192 g/mol. The molecule has 0 saturated heterocycles. The Kier molecular flexibility index (Phi) is 2.76. The number of ketones is 1. The van der Waals surface area contributed by atoms with Crippen LogP contribution in [0, 0.1) is 5.41 Å². The van der Waals surface area contributed by atoms with Crippen molar-refractivity contribution in [3.05, 3.63) is 11.6 Å². The van der Waals surface area contributed by atoms with Crippen LogP contribution < -0.4 is 0 Å². The summed E-state index contributed by atoms with van der Waals surface area (Å²) in [5.74, 6) is 0.359. The quantitative estimate of drug-likeness (QED) is 0.572. The van der Waals surface area contributed by atoms with Crippen LogP contribution in [0.25, 0.3) is 0 Å². The first kappa shape index (κ1) is 9.95. The number of carbonyl (C=O) groups excluding carboxylic acids is 1. The number of hydrogen-bond acceptors (Lipinski definition) is 1. The van der Waals surface area contributed by atoms with Crippen molar-refractivity contribution >= 4 is 5.78 Å². The van der Waals surface area contributed by atoms with Gasteiger partial charge in [-0.2, -0.15) is 0 Å². The fraction of sp³-hybridized carbons (Fsp3) is 0.769. The molecule has 0 radical (unpaired) electrons. The maximum Gasteiger partial charge on any atom is 0.155 e. The molecule has 0 aromatic carbocycles. The second kappa shape index (κ2) is 3.88. The Bertz CT molecular complexity index is 264. The van der Waals surface area contributed by atoms with E-state index in [1.54, 1.807) is 0 Å². The van der Waals surface area contributed by atoms with Crippen molar-refractivity contribution in [2.75, 3.05) is 0 Å². The van der Waals surface area contributed by atoms with Gasteiger partial charge in [-0.3, -0.25) is 4.79 Å². The van der Waals surface area contributed by atoms with Gasteiger partial charge in [0.15, 0.2) is 5.78 Å². The van der Waals surface area contributed by atoms with Gasteiger partial charge in [0.2, 0.25) is 0 Å². The van der Waals surface area contributed by atoms with Crippen molar-refractivity contribution in [2.24, 2.45) is 5.41 Å². The van der Waals surface area contributed by atoms with Gasteiger partial charge in [0.25, 0.3) is 0 Å². The van der Waals surface area contributed by atoms with Crippen LogP contribution in [0.4, 0.5) is 0 Å². The Hall–Kier alpha value is -0.590. The van der Waals surface area contributed by atoms with E-state index in [-0.39, 0.29) is 0 Å². The molecule has 1 fully saturated rings. The van der Waals surface area contributed by atoms with Crippen LogP contribution in [0.3, 0.4) is 0 Å². The van der Waals surface area contributed by atoms with Crippen molar-refractivity contribution in [2.45, 2.75) is 58.3 Å². The molecule has 0 amide bonds. The zero-order valence-electron chi connectivity index (χ0n) is 9.14. The average Bonchev–Trinajstić information content (AvgIpc) is 2.14. The lowest BCUT2D eigenvalue weighted by Gasteiger charge is -2.36. The molecule has 0 N–H and O–H groups in total. The smallest absolute Gasteiger partial charge is 0.155 e. The molecule has 1 atom stereocenters. The molecule has 1 saturated carbocycles. The third kappa shape index (κ3) is 1.92. The molecule has 0 aromatic heterocycles. The van der Waals surface area contributed by atoms with E-state index < -0.39 is 0 Å². The normalized spacial score (nSPS) is 34.1. The van der Waals surface area contributed by atoms with E-state index in [1.165, 1.54) is 44.1 Å². The maximum absolute atomic E-state index is 11.4. The third-order valence-corrected chi connectivity index (χ3v) is 3.96. The minimum Gasteiger partial charge on any atom is -0.295 e. The first-order valence-electron chi connectivity index (χ1n) is 5.95. The van der Waals surface area contributed by atoms with Crippen LogP contribution in [0.5, 0.6) is 0 Å². The molecule has 0 aliphatic heterocycles. The predicted molar refractivity (Wildman–Crippen MR) is 58.1 cm³/mol. The van der Waals surface area contributed by atoms with Crippen LogP contribution in [-0.4, -0.2) is 5.78 Å². The van der Waals surface area contributed by atoms with E-state index in [0.29, 0.717) is 11.2 Å². The van der Waals surface area contributed by atoms with E-state index >= 15 is 0 Å². The van der Waals surface area contributed by atoms with Crippen molar-refractivity contribution in [1.82, 2.24) is 0 Å². The second-order valence-corrected chi connectivity index (χ2v) is 5.11. The molecule has 2 rings (SSSR count). The molecule has 1 heteroatoms. The number of rotatable bonds is 0. The Labute approximate surface area is 86.6 Å². The van der Waals surface area contributed by atoms with Crippen LogP contribution in [0.2, 0.25) is 0 Å². The second-order valence-electron chi connectivity index (χ2n) is 5.11. The summed E-state index contributed by atoms with van der Waals surface area (Å²) < 4.78 is 0. The highest BCUT2D eigenvalue weighted by atomic mass is 16.1. The van der Waals surface area contributed by atoms with E-state index in [0.717, 1.165) is 12.8 Å². The van der Waals surface area contributed by atoms with Crippen molar-refractivity contribution in [3.63, 3.8) is 0 Å². The molecule has 0 bridgehead atoms. The van der Waals surface area contributed by atoms with Crippen LogP contribution in [-0.2, 0) is 4.79 Å². The largest absolute Gasteiger partial charge is 0.295 e. The van der Waals surface area contributed by atoms with Gasteiger partial charge < -0.3 is 0 Å². The fourth-order valence-electron chi connectivity index (χ4n) is 2.84. The molecule has 1 nitrogen and oxygen atoms in total. The zero-order chi connectivity index (χ0) is 10.0. The minimum absolute atomic E-state index is 0.359. The van der Waals surface area contributed by atoms with Crippen LogP contribution in [0.15, 0.2) is 11.6 Å². The van der Waals surface area contributed by atoms with E-state index in [4.69, 9.17) is 0 Å². The van der Waals surface area contributed by atoms with Gasteiger partial charge in [-0.25, -0.2) is 0 Å². The van der Waals surface area contributed by atoms with Gasteiger partial charge >= 0.3 is 0 Å². The van der Waals surface area contributed by atoms with Gasteiger partial charge in [-0.15, -0.1) is 0 Å². The Morgan fingerprint density at radius 1 is 1.07 bits per heavy atom. The first-order valence-corrected chi connectivity index (χ1v) is 5.95. The van der Waals surface area contributed by atoms with E-state index in [1.807, 2.05) is 6.08 Å². The van der Waals surface area contributed by atoms with Crippen LogP contribution >= 0.6 is 0 Å². The molecule has 14 heavy (non-hydrogen) atoms. The van der Waals surface area contributed by atoms with Gasteiger partial charge in [-0.1, -0.05) is 31.8 Å². The highest BCUT2D eigenvalue weighted by Crippen LogP contribution is 2.44. The molecule has 0 unspecified atom stereocenters. The van der Waals surface area contributed by atoms with Crippen molar-refractivity contribution < 1.29 is 4.79 Å². The van der Waals surface area contributed by atoms with Crippen molar-refractivity contribution in [1.29, 1.82) is 0 Å². The summed E-state index contributed by atoms with van der Waals surface area (Å²) in [5, 5.41) is 0. The molecule has 0 aromatic rings. The summed E-state index contributed by atoms with van der Waals surface area (Å²) >= 11 is 0. The Morgan fingerprint density at radius 3 is 2.71 bits per heavy atom. The highest BCUT2D eigenvalue weighted by Gasteiger charge is 2.32. The summed E-state index contributed by atoms with van der Waals surface area (Å²) in [6.45, 7) is 2.36. The number of fused-ring (bicyclic) bond motifs is 1. The summed E-state index contributed by atoms with van der Waals surface area (Å²) in [6, 6.07) is 0. The van der Waals surface area contributed by atoms with Gasteiger partial charge in [0.05, 0.1) is 0 Å².